The van der Waals surface area contributed by atoms with E-state index in [-0.39, 0.29) is 6.61 Å². The minimum absolute atomic E-state index is 0.223. The largest absolute Gasteiger partial charge is 0.465 e. The third-order valence-electron chi connectivity index (χ3n) is 3.95. The first-order chi connectivity index (χ1) is 13.0. The smallest absolute Gasteiger partial charge is 0.352 e. The Labute approximate surface area is 160 Å². The standard InChI is InChI=1S/C18H20N6O2S/c1-12-4-3-5-16(24(20)18(25)23(2)19)14(12)10-26-17-22-15(11-27-17)13-6-8-21-9-7-13/h3-9,11H,10,19-20H2,1-2H3. The van der Waals surface area contributed by atoms with Gasteiger partial charge in [0.2, 0.25) is 0 Å². The van der Waals surface area contributed by atoms with Crippen LogP contribution in [0, 0.1) is 6.92 Å². The molecule has 1 aromatic carbocycles. The maximum Gasteiger partial charge on any atom is 0.352 e. The molecule has 0 radical (unpaired) electrons. The highest BCUT2D eigenvalue weighted by Crippen LogP contribution is 2.29. The van der Waals surface area contributed by atoms with Gasteiger partial charge in [-0.05, 0) is 30.7 Å². The minimum atomic E-state index is -0.531. The molecule has 8 nitrogen and oxygen atoms in total. The number of benzene rings is 1. The molecule has 140 valence electrons. The van der Waals surface area contributed by atoms with Crippen LogP contribution in [-0.2, 0) is 6.61 Å². The Balaban J connectivity index is 1.79. The molecule has 3 rings (SSSR count). The zero-order chi connectivity index (χ0) is 19.4. The molecule has 0 aliphatic rings. The SMILES string of the molecule is Cc1cccc(N(N)C(=O)N(C)N)c1COc1nc(-c2ccncc2)cs1. The first-order valence-corrected chi connectivity index (χ1v) is 8.99. The molecule has 0 aliphatic heterocycles. The number of thiazole rings is 1. The van der Waals surface area contributed by atoms with Gasteiger partial charge in [0.25, 0.3) is 5.19 Å². The van der Waals surface area contributed by atoms with Gasteiger partial charge in [0, 0.05) is 35.9 Å². The number of urea groups is 1. The minimum Gasteiger partial charge on any atom is -0.465 e. The lowest BCUT2D eigenvalue weighted by Crippen LogP contribution is -2.49. The van der Waals surface area contributed by atoms with E-state index in [1.807, 2.05) is 36.6 Å². The molecule has 0 aliphatic carbocycles. The van der Waals surface area contributed by atoms with Crippen molar-refractivity contribution in [3.8, 4) is 16.5 Å². The number of carbonyl (C=O) groups is 1. The summed E-state index contributed by atoms with van der Waals surface area (Å²) < 4.78 is 5.86. The van der Waals surface area contributed by atoms with Crippen molar-refractivity contribution in [2.75, 3.05) is 12.1 Å². The summed E-state index contributed by atoms with van der Waals surface area (Å²) in [6.45, 7) is 2.15. The van der Waals surface area contributed by atoms with Crippen molar-refractivity contribution in [2.24, 2.45) is 11.7 Å². The molecule has 2 aromatic heterocycles. The van der Waals surface area contributed by atoms with Crippen LogP contribution in [0.1, 0.15) is 11.1 Å². The number of hydrazine groups is 2. The Hall–Kier alpha value is -3.01. The highest BCUT2D eigenvalue weighted by molar-refractivity contribution is 7.11. The number of hydrogen-bond donors (Lipinski definition) is 2. The molecular weight excluding hydrogens is 364 g/mol. The molecule has 2 heterocycles. The van der Waals surface area contributed by atoms with Crippen molar-refractivity contribution in [1.29, 1.82) is 0 Å². The second-order valence-electron chi connectivity index (χ2n) is 5.86. The van der Waals surface area contributed by atoms with Crippen LogP contribution in [0.3, 0.4) is 0 Å². The van der Waals surface area contributed by atoms with Crippen LogP contribution in [0.2, 0.25) is 0 Å². The van der Waals surface area contributed by atoms with E-state index in [1.54, 1.807) is 18.5 Å². The summed E-state index contributed by atoms with van der Waals surface area (Å²) >= 11 is 1.40. The first kappa shape index (κ1) is 18.8. The van der Waals surface area contributed by atoms with Crippen molar-refractivity contribution in [3.63, 3.8) is 0 Å². The van der Waals surface area contributed by atoms with Crippen LogP contribution in [0.5, 0.6) is 5.19 Å². The van der Waals surface area contributed by atoms with E-state index in [9.17, 15) is 4.79 Å². The van der Waals surface area contributed by atoms with Gasteiger partial charge in [-0.3, -0.25) is 9.99 Å². The topological polar surface area (TPSA) is 111 Å². The third-order valence-corrected chi connectivity index (χ3v) is 4.70. The number of pyridine rings is 1. The number of aromatic nitrogens is 2. The van der Waals surface area contributed by atoms with Crippen molar-refractivity contribution in [1.82, 2.24) is 15.0 Å². The highest BCUT2D eigenvalue weighted by Gasteiger charge is 2.19. The fourth-order valence-electron chi connectivity index (χ4n) is 2.49. The normalized spacial score (nSPS) is 10.5. The quantitative estimate of drug-likeness (QED) is 0.397. The van der Waals surface area contributed by atoms with E-state index >= 15 is 0 Å². The van der Waals surface area contributed by atoms with Crippen molar-refractivity contribution in [3.05, 3.63) is 59.2 Å². The molecule has 0 saturated carbocycles. The fraction of sp³-hybridized carbons (Fsp3) is 0.167. The summed E-state index contributed by atoms with van der Waals surface area (Å²) in [6, 6.07) is 8.74. The second-order valence-corrected chi connectivity index (χ2v) is 6.68. The molecule has 4 N–H and O–H groups in total. The van der Waals surface area contributed by atoms with E-state index < -0.39 is 6.03 Å². The number of carbonyl (C=O) groups excluding carboxylic acids is 1. The Bertz CT molecular complexity index is 929. The molecule has 0 atom stereocenters. The van der Waals surface area contributed by atoms with Gasteiger partial charge in [-0.25, -0.2) is 26.5 Å². The van der Waals surface area contributed by atoms with Gasteiger partial charge < -0.3 is 4.74 Å². The number of amides is 2. The van der Waals surface area contributed by atoms with E-state index in [0.717, 1.165) is 32.4 Å². The lowest BCUT2D eigenvalue weighted by atomic mass is 10.1. The monoisotopic (exact) mass is 384 g/mol. The van der Waals surface area contributed by atoms with E-state index in [0.29, 0.717) is 10.9 Å². The van der Waals surface area contributed by atoms with Gasteiger partial charge >= 0.3 is 6.03 Å². The summed E-state index contributed by atoms with van der Waals surface area (Å²) in [5.74, 6) is 11.4. The van der Waals surface area contributed by atoms with Crippen molar-refractivity contribution in [2.45, 2.75) is 13.5 Å². The van der Waals surface area contributed by atoms with Gasteiger partial charge in [0.05, 0.1) is 11.4 Å². The summed E-state index contributed by atoms with van der Waals surface area (Å²) in [4.78, 5) is 20.6. The Morgan fingerprint density at radius 2 is 1.96 bits per heavy atom. The molecule has 2 amide bonds. The zero-order valence-corrected chi connectivity index (χ0v) is 15.8. The third kappa shape index (κ3) is 4.22. The number of ether oxygens (including phenoxy) is 1. The number of nitrogens with two attached hydrogens (primary N) is 2. The van der Waals surface area contributed by atoms with Gasteiger partial charge in [0.15, 0.2) is 0 Å². The van der Waals surface area contributed by atoms with Crippen molar-refractivity contribution < 1.29 is 9.53 Å². The zero-order valence-electron chi connectivity index (χ0n) is 15.0. The van der Waals surface area contributed by atoms with Gasteiger partial charge in [-0.15, -0.1) is 0 Å². The van der Waals surface area contributed by atoms with Crippen LogP contribution in [0.15, 0.2) is 48.1 Å². The van der Waals surface area contributed by atoms with Crippen molar-refractivity contribution >= 4 is 23.1 Å². The van der Waals surface area contributed by atoms with Gasteiger partial charge in [-0.2, -0.15) is 0 Å². The Kier molecular flexibility index (Phi) is 5.65. The molecule has 0 spiro atoms. The summed E-state index contributed by atoms with van der Waals surface area (Å²) in [5, 5.41) is 4.39. The number of hydrogen-bond acceptors (Lipinski definition) is 7. The molecule has 0 bridgehead atoms. The van der Waals surface area contributed by atoms with Crippen LogP contribution in [0.25, 0.3) is 11.3 Å². The Morgan fingerprint density at radius 3 is 2.67 bits per heavy atom. The molecule has 3 aromatic rings. The molecule has 0 saturated heterocycles. The summed E-state index contributed by atoms with van der Waals surface area (Å²) in [5.41, 5.74) is 4.06. The lowest BCUT2D eigenvalue weighted by molar-refractivity contribution is 0.216. The molecule has 0 fully saturated rings. The van der Waals surface area contributed by atoms with E-state index in [1.165, 1.54) is 18.4 Å². The molecule has 9 heteroatoms. The van der Waals surface area contributed by atoms with Gasteiger partial charge in [-0.1, -0.05) is 23.5 Å². The Morgan fingerprint density at radius 1 is 1.22 bits per heavy atom. The van der Waals surface area contributed by atoms with Crippen LogP contribution in [0.4, 0.5) is 10.5 Å². The van der Waals surface area contributed by atoms with Crippen LogP contribution in [-0.4, -0.2) is 28.1 Å². The highest BCUT2D eigenvalue weighted by atomic mass is 32.1. The maximum atomic E-state index is 12.1. The molecular formula is C18H20N6O2S. The molecule has 0 unspecified atom stereocenters. The van der Waals surface area contributed by atoms with Crippen LogP contribution >= 0.6 is 11.3 Å². The van der Waals surface area contributed by atoms with E-state index in [4.69, 9.17) is 16.4 Å². The average Bonchev–Trinajstić information content (AvgIpc) is 3.15. The number of aryl methyl sites for hydroxylation is 1. The van der Waals surface area contributed by atoms with Gasteiger partial charge in [0.1, 0.15) is 6.61 Å². The predicted octanol–water partition coefficient (Wildman–Crippen LogP) is 2.70. The van der Waals surface area contributed by atoms with E-state index in [2.05, 4.69) is 9.97 Å². The number of rotatable bonds is 5. The summed E-state index contributed by atoms with van der Waals surface area (Å²) in [7, 11) is 1.43. The average molecular weight is 384 g/mol. The molecule has 27 heavy (non-hydrogen) atoms. The fourth-order valence-corrected chi connectivity index (χ4v) is 3.17. The first-order valence-electron chi connectivity index (χ1n) is 8.12. The predicted molar refractivity (Wildman–Crippen MR) is 105 cm³/mol. The van der Waals surface area contributed by atoms with Crippen LogP contribution < -0.4 is 21.4 Å². The maximum absolute atomic E-state index is 12.1. The second kappa shape index (κ2) is 8.12. The number of anilines is 1. The summed E-state index contributed by atoms with van der Waals surface area (Å²) in [6.07, 6.45) is 3.44. The lowest BCUT2D eigenvalue weighted by Gasteiger charge is -2.24. The number of nitrogens with zero attached hydrogens (tertiary/aromatic N) is 4.